The van der Waals surface area contributed by atoms with Crippen LogP contribution in [0.25, 0.3) is 0 Å². The Morgan fingerprint density at radius 1 is 1.46 bits per heavy atom. The van der Waals surface area contributed by atoms with Gasteiger partial charge < -0.3 is 4.74 Å². The van der Waals surface area contributed by atoms with Crippen molar-refractivity contribution in [1.29, 1.82) is 0 Å². The lowest BCUT2D eigenvalue weighted by atomic mass is 10.3. The van der Waals surface area contributed by atoms with Crippen molar-refractivity contribution >= 4 is 5.97 Å². The number of rotatable bonds is 5. The molecule has 0 bridgehead atoms. The van der Waals surface area contributed by atoms with Crippen LogP contribution in [0.1, 0.15) is 33.6 Å². The van der Waals surface area contributed by atoms with E-state index in [1.54, 1.807) is 0 Å². The normalized spacial score (nSPS) is 31.5. The highest BCUT2D eigenvalue weighted by Gasteiger charge is 2.49. The first-order valence-corrected chi connectivity index (χ1v) is 5.14. The second-order valence-corrected chi connectivity index (χ2v) is 3.53. The average Bonchev–Trinajstić information content (AvgIpc) is 2.73. The molecule has 0 aromatic rings. The third kappa shape index (κ3) is 2.44. The Bertz CT molecular complexity index is 182. The summed E-state index contributed by atoms with van der Waals surface area (Å²) in [5.41, 5.74) is 0. The minimum Gasteiger partial charge on any atom is -0.465 e. The lowest BCUT2D eigenvalue weighted by Crippen LogP contribution is -2.16. The zero-order chi connectivity index (χ0) is 9.84. The van der Waals surface area contributed by atoms with Crippen molar-refractivity contribution in [2.24, 2.45) is 0 Å². The van der Waals surface area contributed by atoms with Crippen LogP contribution in [0.15, 0.2) is 0 Å². The molecule has 1 unspecified atom stereocenters. The molecule has 0 aliphatic carbocycles. The van der Waals surface area contributed by atoms with Crippen LogP contribution in [0.2, 0.25) is 0 Å². The molecule has 0 aromatic heterocycles. The Morgan fingerprint density at radius 3 is 2.69 bits per heavy atom. The van der Waals surface area contributed by atoms with Gasteiger partial charge in [-0.15, -0.1) is 0 Å². The molecule has 0 N–H and O–H groups in total. The topological polar surface area (TPSA) is 29.3 Å². The smallest absolute Gasteiger partial charge is 0.324 e. The molecule has 1 rings (SSSR count). The van der Waals surface area contributed by atoms with Crippen molar-refractivity contribution in [1.82, 2.24) is 4.90 Å². The summed E-state index contributed by atoms with van der Waals surface area (Å²) in [6, 6.07) is 0.442. The van der Waals surface area contributed by atoms with Crippen molar-refractivity contribution in [3.8, 4) is 0 Å². The van der Waals surface area contributed by atoms with E-state index < -0.39 is 0 Å². The Labute approximate surface area is 80.1 Å². The largest absolute Gasteiger partial charge is 0.465 e. The van der Waals surface area contributed by atoms with Crippen molar-refractivity contribution in [2.75, 3.05) is 13.2 Å². The lowest BCUT2D eigenvalue weighted by molar-refractivity contribution is -0.143. The molecule has 3 atom stereocenters. The van der Waals surface area contributed by atoms with Crippen LogP contribution in [0, 0.1) is 0 Å². The molecule has 3 nitrogen and oxygen atoms in total. The molecule has 0 aromatic carbocycles. The molecule has 0 radical (unpaired) electrons. The predicted octanol–water partition coefficient (Wildman–Crippen LogP) is 1.42. The number of unbranched alkanes of at least 4 members (excludes halogenated alkanes) is 1. The molecule has 1 aliphatic rings. The van der Waals surface area contributed by atoms with E-state index in [-0.39, 0.29) is 12.0 Å². The van der Waals surface area contributed by atoms with Gasteiger partial charge in [-0.2, -0.15) is 0 Å². The highest BCUT2D eigenvalue weighted by atomic mass is 16.5. The maximum absolute atomic E-state index is 11.3. The van der Waals surface area contributed by atoms with Gasteiger partial charge in [0.15, 0.2) is 0 Å². The number of hydrogen-bond donors (Lipinski definition) is 0. The summed E-state index contributed by atoms with van der Waals surface area (Å²) < 4.78 is 4.97. The highest BCUT2D eigenvalue weighted by Crippen LogP contribution is 2.28. The van der Waals surface area contributed by atoms with Crippen LogP contribution < -0.4 is 0 Å². The quantitative estimate of drug-likeness (QED) is 0.479. The number of ether oxygens (including phenoxy) is 1. The summed E-state index contributed by atoms with van der Waals surface area (Å²) in [5, 5.41) is 0. The molecule has 1 heterocycles. The van der Waals surface area contributed by atoms with Gasteiger partial charge in [0.1, 0.15) is 6.04 Å². The second-order valence-electron chi connectivity index (χ2n) is 3.53. The number of carbonyl (C=O) groups excluding carboxylic acids is 1. The fraction of sp³-hybridized carbons (Fsp3) is 0.900. The first kappa shape index (κ1) is 10.5. The van der Waals surface area contributed by atoms with E-state index >= 15 is 0 Å². The fourth-order valence-corrected chi connectivity index (χ4v) is 1.65. The molecule has 0 amide bonds. The lowest BCUT2D eigenvalue weighted by Gasteiger charge is -2.01. The van der Waals surface area contributed by atoms with Gasteiger partial charge in [0.25, 0.3) is 0 Å². The van der Waals surface area contributed by atoms with Gasteiger partial charge in [-0.1, -0.05) is 13.3 Å². The molecule has 13 heavy (non-hydrogen) atoms. The van der Waals surface area contributed by atoms with E-state index in [2.05, 4.69) is 18.7 Å². The molecule has 1 saturated heterocycles. The molecule has 3 heteroatoms. The van der Waals surface area contributed by atoms with Crippen LogP contribution in [0.5, 0.6) is 0 Å². The van der Waals surface area contributed by atoms with Gasteiger partial charge in [-0.25, -0.2) is 0 Å². The molecule has 76 valence electrons. The zero-order valence-corrected chi connectivity index (χ0v) is 8.75. The third-order valence-electron chi connectivity index (χ3n) is 2.55. The summed E-state index contributed by atoms with van der Waals surface area (Å²) in [7, 11) is 0. The van der Waals surface area contributed by atoms with Crippen LogP contribution in [0.3, 0.4) is 0 Å². The third-order valence-corrected chi connectivity index (χ3v) is 2.55. The maximum Gasteiger partial charge on any atom is 0.324 e. The van der Waals surface area contributed by atoms with Gasteiger partial charge in [0.05, 0.1) is 6.61 Å². The summed E-state index contributed by atoms with van der Waals surface area (Å²) in [4.78, 5) is 13.5. The molecular weight excluding hydrogens is 166 g/mol. The van der Waals surface area contributed by atoms with E-state index in [0.29, 0.717) is 12.6 Å². The molecule has 0 spiro atoms. The monoisotopic (exact) mass is 185 g/mol. The van der Waals surface area contributed by atoms with Crippen molar-refractivity contribution in [2.45, 2.75) is 45.7 Å². The minimum atomic E-state index is -0.0499. The molecule has 0 saturated carbocycles. The van der Waals surface area contributed by atoms with Crippen molar-refractivity contribution in [3.63, 3.8) is 0 Å². The van der Waals surface area contributed by atoms with Crippen molar-refractivity contribution in [3.05, 3.63) is 0 Å². The van der Waals surface area contributed by atoms with Gasteiger partial charge >= 0.3 is 5.97 Å². The number of carbonyl (C=O) groups is 1. The van der Waals surface area contributed by atoms with Gasteiger partial charge in [-0.05, 0) is 26.8 Å². The van der Waals surface area contributed by atoms with Crippen molar-refractivity contribution < 1.29 is 9.53 Å². The number of esters is 1. The molecule has 1 fully saturated rings. The predicted molar refractivity (Wildman–Crippen MR) is 51.5 cm³/mol. The van der Waals surface area contributed by atoms with Gasteiger partial charge in [0, 0.05) is 6.04 Å². The minimum absolute atomic E-state index is 0.0477. The van der Waals surface area contributed by atoms with E-state index in [0.717, 1.165) is 6.54 Å². The zero-order valence-electron chi connectivity index (χ0n) is 8.75. The average molecular weight is 185 g/mol. The standard InChI is InChI=1S/C10H19NO2/c1-4-6-7-11-8(3)9(11)10(12)13-5-2/h8-9H,4-7H2,1-3H3/t8-,9+,11?/m0/s1. The van der Waals surface area contributed by atoms with Crippen LogP contribution in [0.4, 0.5) is 0 Å². The van der Waals surface area contributed by atoms with E-state index in [1.165, 1.54) is 12.8 Å². The summed E-state index contributed by atoms with van der Waals surface area (Å²) in [6.45, 7) is 7.61. The maximum atomic E-state index is 11.3. The number of hydrogen-bond acceptors (Lipinski definition) is 3. The Kier molecular flexibility index (Phi) is 3.72. The van der Waals surface area contributed by atoms with Gasteiger partial charge in [0.2, 0.25) is 0 Å². The highest BCUT2D eigenvalue weighted by molar-refractivity contribution is 5.80. The Morgan fingerprint density at radius 2 is 2.15 bits per heavy atom. The van der Waals surface area contributed by atoms with E-state index in [1.807, 2.05) is 6.92 Å². The fourth-order valence-electron chi connectivity index (χ4n) is 1.65. The first-order valence-electron chi connectivity index (χ1n) is 5.14. The number of nitrogens with zero attached hydrogens (tertiary/aromatic N) is 1. The molecular formula is C10H19NO2. The first-order chi connectivity index (χ1) is 6.22. The van der Waals surface area contributed by atoms with Crippen LogP contribution in [-0.2, 0) is 9.53 Å². The Balaban J connectivity index is 2.26. The Hall–Kier alpha value is -0.570. The summed E-state index contributed by atoms with van der Waals surface area (Å²) in [5.74, 6) is -0.0499. The van der Waals surface area contributed by atoms with E-state index in [4.69, 9.17) is 4.74 Å². The van der Waals surface area contributed by atoms with Crippen LogP contribution >= 0.6 is 0 Å². The van der Waals surface area contributed by atoms with E-state index in [9.17, 15) is 4.79 Å². The van der Waals surface area contributed by atoms with Crippen LogP contribution in [-0.4, -0.2) is 36.1 Å². The van der Waals surface area contributed by atoms with Gasteiger partial charge in [-0.3, -0.25) is 9.69 Å². The summed E-state index contributed by atoms with van der Waals surface area (Å²) >= 11 is 0. The molecule has 1 aliphatic heterocycles. The SMILES string of the molecule is CCCCN1[C@@H](C)[C@@H]1C(=O)OCC. The summed E-state index contributed by atoms with van der Waals surface area (Å²) in [6.07, 6.45) is 2.35. The second kappa shape index (κ2) is 4.61.